The Kier molecular flexibility index (Phi) is 6.64. The molecule has 0 spiro atoms. The maximum atomic E-state index is 12.9. The number of amides is 1. The molecule has 1 unspecified atom stereocenters. The molecule has 0 aliphatic carbocycles. The molecule has 30 heavy (non-hydrogen) atoms. The van der Waals surface area contributed by atoms with Crippen LogP contribution in [0.3, 0.4) is 0 Å². The van der Waals surface area contributed by atoms with E-state index in [9.17, 15) is 14.7 Å². The van der Waals surface area contributed by atoms with Gasteiger partial charge in [0.25, 0.3) is 11.7 Å². The Labute approximate surface area is 179 Å². The van der Waals surface area contributed by atoms with E-state index >= 15 is 0 Å². The molecule has 1 amide bonds. The van der Waals surface area contributed by atoms with Crippen molar-refractivity contribution < 1.29 is 28.9 Å². The Balaban J connectivity index is 2.21. The number of halogens is 1. The highest BCUT2D eigenvalue weighted by Crippen LogP contribution is 2.43. The molecule has 158 valence electrons. The van der Waals surface area contributed by atoms with E-state index in [2.05, 4.69) is 0 Å². The number of Topliss-reactive ketones (excluding diaryl/α,β-unsaturated/α-hetero) is 1. The van der Waals surface area contributed by atoms with E-state index < -0.39 is 17.7 Å². The lowest BCUT2D eigenvalue weighted by atomic mass is 9.94. The predicted molar refractivity (Wildman–Crippen MR) is 112 cm³/mol. The Bertz CT molecular complexity index is 1000. The van der Waals surface area contributed by atoms with Crippen molar-refractivity contribution in [1.29, 1.82) is 0 Å². The van der Waals surface area contributed by atoms with Gasteiger partial charge < -0.3 is 24.2 Å². The van der Waals surface area contributed by atoms with Crippen LogP contribution in [0.2, 0.25) is 5.02 Å². The molecule has 7 nitrogen and oxygen atoms in total. The van der Waals surface area contributed by atoms with Crippen molar-refractivity contribution in [3.05, 3.63) is 64.2 Å². The average Bonchev–Trinajstić information content (AvgIpc) is 3.01. The van der Waals surface area contributed by atoms with Gasteiger partial charge in [-0.05, 0) is 24.3 Å². The molecule has 1 heterocycles. The van der Waals surface area contributed by atoms with Gasteiger partial charge in [-0.3, -0.25) is 9.59 Å². The van der Waals surface area contributed by atoms with Crippen LogP contribution in [0.15, 0.2) is 48.0 Å². The first-order chi connectivity index (χ1) is 14.4. The molecular weight excluding hydrogens is 410 g/mol. The van der Waals surface area contributed by atoms with Gasteiger partial charge in [0.15, 0.2) is 0 Å². The summed E-state index contributed by atoms with van der Waals surface area (Å²) in [6, 6.07) is 10.8. The number of aliphatic hydroxyl groups is 1. The molecule has 1 fully saturated rings. The first-order valence-corrected chi connectivity index (χ1v) is 9.56. The highest BCUT2D eigenvalue weighted by atomic mass is 35.5. The van der Waals surface area contributed by atoms with Gasteiger partial charge in [-0.25, -0.2) is 0 Å². The summed E-state index contributed by atoms with van der Waals surface area (Å²) in [5.74, 6) is -0.912. The number of aliphatic hydroxyl groups excluding tert-OH is 1. The minimum absolute atomic E-state index is 0.0400. The fourth-order valence-corrected chi connectivity index (χ4v) is 3.74. The Morgan fingerprint density at radius 1 is 1.07 bits per heavy atom. The lowest BCUT2D eigenvalue weighted by Crippen LogP contribution is -2.32. The summed E-state index contributed by atoms with van der Waals surface area (Å²) in [4.78, 5) is 27.1. The summed E-state index contributed by atoms with van der Waals surface area (Å²) >= 11 is 6.19. The molecule has 1 saturated heterocycles. The minimum Gasteiger partial charge on any atom is -0.507 e. The van der Waals surface area contributed by atoms with Gasteiger partial charge in [0.1, 0.15) is 17.3 Å². The van der Waals surface area contributed by atoms with Crippen LogP contribution in [0.1, 0.15) is 17.2 Å². The van der Waals surface area contributed by atoms with Crippen LogP contribution in [0.25, 0.3) is 5.76 Å². The number of methoxy groups -OCH3 is 3. The highest BCUT2D eigenvalue weighted by Gasteiger charge is 2.46. The van der Waals surface area contributed by atoms with Crippen LogP contribution in [-0.4, -0.2) is 56.2 Å². The second kappa shape index (κ2) is 9.19. The van der Waals surface area contributed by atoms with E-state index in [1.807, 2.05) is 0 Å². The third-order valence-electron chi connectivity index (χ3n) is 4.94. The standard InChI is InChI=1S/C22H22ClNO6/c1-28-11-10-24-19(14-6-4-5-7-16(14)29-2)18(21(26)22(24)27)20(25)13-8-9-17(30-3)15(23)12-13/h4-9,12,19,25H,10-11H2,1-3H3/b20-18+. The zero-order chi connectivity index (χ0) is 21.8. The van der Waals surface area contributed by atoms with Crippen molar-refractivity contribution in [3.8, 4) is 11.5 Å². The second-order valence-corrected chi connectivity index (χ2v) is 6.98. The first-order valence-electron chi connectivity index (χ1n) is 9.18. The molecule has 2 aromatic carbocycles. The molecule has 1 aliphatic rings. The lowest BCUT2D eigenvalue weighted by Gasteiger charge is -2.26. The number of ether oxygens (including phenoxy) is 3. The maximum absolute atomic E-state index is 12.9. The third kappa shape index (κ3) is 3.86. The van der Waals surface area contributed by atoms with Gasteiger partial charge in [0, 0.05) is 24.8 Å². The van der Waals surface area contributed by atoms with Crippen molar-refractivity contribution >= 4 is 29.1 Å². The summed E-state index contributed by atoms with van der Waals surface area (Å²) in [7, 11) is 4.49. The average molecular weight is 432 g/mol. The number of para-hydroxylation sites is 1. The molecule has 0 radical (unpaired) electrons. The summed E-state index contributed by atoms with van der Waals surface area (Å²) in [6.45, 7) is 0.400. The van der Waals surface area contributed by atoms with Crippen molar-refractivity contribution in [2.45, 2.75) is 6.04 Å². The number of nitrogens with zero attached hydrogens (tertiary/aromatic N) is 1. The molecule has 3 rings (SSSR count). The molecule has 8 heteroatoms. The fraction of sp³-hybridized carbons (Fsp3) is 0.273. The van der Waals surface area contributed by atoms with Crippen LogP contribution >= 0.6 is 11.6 Å². The molecule has 0 bridgehead atoms. The molecule has 0 aromatic heterocycles. The van der Waals surface area contributed by atoms with Crippen LogP contribution in [-0.2, 0) is 14.3 Å². The summed E-state index contributed by atoms with van der Waals surface area (Å²) in [5, 5.41) is 11.3. The van der Waals surface area contributed by atoms with Gasteiger partial charge in [0.2, 0.25) is 0 Å². The van der Waals surface area contributed by atoms with E-state index in [0.717, 1.165) is 0 Å². The number of hydrogen-bond donors (Lipinski definition) is 1. The normalized spacial score (nSPS) is 18.0. The van der Waals surface area contributed by atoms with E-state index in [1.165, 1.54) is 32.3 Å². The molecular formula is C22H22ClNO6. The number of likely N-dealkylation sites (tertiary alicyclic amines) is 1. The van der Waals surface area contributed by atoms with Crippen LogP contribution in [0.5, 0.6) is 11.5 Å². The predicted octanol–water partition coefficient (Wildman–Crippen LogP) is 3.43. The van der Waals surface area contributed by atoms with Gasteiger partial charge in [-0.2, -0.15) is 0 Å². The Morgan fingerprint density at radius 3 is 2.40 bits per heavy atom. The number of ketones is 1. The number of carbonyl (C=O) groups excluding carboxylic acids is 2. The maximum Gasteiger partial charge on any atom is 0.295 e. The van der Waals surface area contributed by atoms with Gasteiger partial charge >= 0.3 is 0 Å². The van der Waals surface area contributed by atoms with E-state index in [1.54, 1.807) is 36.4 Å². The Hall–Kier alpha value is -3.03. The number of benzene rings is 2. The summed E-state index contributed by atoms with van der Waals surface area (Å²) in [5.41, 5.74) is 0.837. The third-order valence-corrected chi connectivity index (χ3v) is 5.23. The van der Waals surface area contributed by atoms with Gasteiger partial charge in [0.05, 0.1) is 37.5 Å². The Morgan fingerprint density at radius 2 is 1.77 bits per heavy atom. The van der Waals surface area contributed by atoms with E-state index in [0.29, 0.717) is 22.6 Å². The number of carbonyl (C=O) groups is 2. The topological polar surface area (TPSA) is 85.3 Å². The van der Waals surface area contributed by atoms with Crippen molar-refractivity contribution in [3.63, 3.8) is 0 Å². The molecule has 1 N–H and O–H groups in total. The second-order valence-electron chi connectivity index (χ2n) is 6.58. The lowest BCUT2D eigenvalue weighted by molar-refractivity contribution is -0.140. The van der Waals surface area contributed by atoms with Crippen molar-refractivity contribution in [2.75, 3.05) is 34.5 Å². The van der Waals surface area contributed by atoms with Gasteiger partial charge in [-0.15, -0.1) is 0 Å². The summed E-state index contributed by atoms with van der Waals surface area (Å²) in [6.07, 6.45) is 0. The molecule has 2 aromatic rings. The SMILES string of the molecule is COCCN1C(=O)C(=O)/C(=C(/O)c2ccc(OC)c(Cl)c2)C1c1ccccc1OC. The van der Waals surface area contributed by atoms with E-state index in [4.69, 9.17) is 25.8 Å². The fourth-order valence-electron chi connectivity index (χ4n) is 3.49. The van der Waals surface area contributed by atoms with Crippen LogP contribution in [0, 0.1) is 0 Å². The largest absolute Gasteiger partial charge is 0.507 e. The smallest absolute Gasteiger partial charge is 0.295 e. The van der Waals surface area contributed by atoms with E-state index in [-0.39, 0.29) is 29.5 Å². The zero-order valence-electron chi connectivity index (χ0n) is 16.8. The van der Waals surface area contributed by atoms with Crippen molar-refractivity contribution in [2.24, 2.45) is 0 Å². The monoisotopic (exact) mass is 431 g/mol. The first kappa shape index (κ1) is 21.7. The van der Waals surface area contributed by atoms with Crippen molar-refractivity contribution in [1.82, 2.24) is 4.90 Å². The minimum atomic E-state index is -0.836. The summed E-state index contributed by atoms with van der Waals surface area (Å²) < 4.78 is 15.7. The number of hydrogen-bond acceptors (Lipinski definition) is 6. The molecule has 0 saturated carbocycles. The van der Waals surface area contributed by atoms with Crippen LogP contribution in [0.4, 0.5) is 0 Å². The molecule has 1 aliphatic heterocycles. The molecule has 1 atom stereocenters. The highest BCUT2D eigenvalue weighted by molar-refractivity contribution is 6.46. The zero-order valence-corrected chi connectivity index (χ0v) is 17.6. The quantitative estimate of drug-likeness (QED) is 0.410. The number of rotatable bonds is 7. The van der Waals surface area contributed by atoms with Gasteiger partial charge in [-0.1, -0.05) is 29.8 Å². The van der Waals surface area contributed by atoms with Crippen LogP contribution < -0.4 is 9.47 Å².